The second-order valence-electron chi connectivity index (χ2n) is 6.12. The number of nitrogens with two attached hydrogens (primary N) is 2. The summed E-state index contributed by atoms with van der Waals surface area (Å²) in [5.41, 5.74) is 15.1. The Bertz CT molecular complexity index is 1090. The molecule has 3 heterocycles. The largest absolute Gasteiger partial charge is 0.399 e. The molecule has 0 spiro atoms. The van der Waals surface area contributed by atoms with Crippen molar-refractivity contribution in [1.29, 1.82) is 0 Å². The molecule has 4 rings (SSSR count). The molecule has 7 nitrogen and oxygen atoms in total. The van der Waals surface area contributed by atoms with Gasteiger partial charge in [0.05, 0.1) is 11.2 Å². The Morgan fingerprint density at radius 1 is 0.852 bits per heavy atom. The number of fused-ring (bicyclic) bond motifs is 1. The van der Waals surface area contributed by atoms with E-state index < -0.39 is 0 Å². The third-order valence-electron chi connectivity index (χ3n) is 4.09. The average Bonchev–Trinajstić information content (AvgIpc) is 2.68. The van der Waals surface area contributed by atoms with Crippen LogP contribution in [0.25, 0.3) is 10.9 Å². The number of nitrogen functional groups attached to an aromatic ring is 2. The number of anilines is 5. The molecule has 0 aliphatic carbocycles. The maximum Gasteiger partial charge on any atom is 0.151 e. The smallest absolute Gasteiger partial charge is 0.151 e. The number of hydrogen-bond donors (Lipinski definition) is 4. The van der Waals surface area contributed by atoms with E-state index in [0.717, 1.165) is 16.5 Å². The molecule has 0 saturated carbocycles. The van der Waals surface area contributed by atoms with Crippen molar-refractivity contribution in [2.45, 2.75) is 6.54 Å². The molecule has 0 saturated heterocycles. The zero-order valence-corrected chi connectivity index (χ0v) is 14.6. The van der Waals surface area contributed by atoms with Crippen LogP contribution in [-0.4, -0.2) is 15.0 Å². The number of hydrogen-bond acceptors (Lipinski definition) is 7. The normalized spacial score (nSPS) is 10.7. The Hall–Kier alpha value is -3.87. The minimum atomic E-state index is 0.573. The topological polar surface area (TPSA) is 115 Å². The van der Waals surface area contributed by atoms with Gasteiger partial charge in [-0.2, -0.15) is 0 Å². The van der Waals surface area contributed by atoms with Gasteiger partial charge in [-0.3, -0.25) is 4.98 Å². The molecule has 0 unspecified atom stereocenters. The van der Waals surface area contributed by atoms with Crippen LogP contribution in [-0.2, 0) is 6.54 Å². The molecule has 3 aromatic heterocycles. The summed E-state index contributed by atoms with van der Waals surface area (Å²) in [6.45, 7) is 0.599. The van der Waals surface area contributed by atoms with Crippen LogP contribution < -0.4 is 22.1 Å². The highest BCUT2D eigenvalue weighted by molar-refractivity contribution is 5.79. The molecule has 0 aliphatic heterocycles. The minimum absolute atomic E-state index is 0.573. The van der Waals surface area contributed by atoms with Gasteiger partial charge in [-0.25, -0.2) is 9.97 Å². The monoisotopic (exact) mass is 357 g/mol. The second-order valence-corrected chi connectivity index (χ2v) is 6.12. The van der Waals surface area contributed by atoms with Gasteiger partial charge in [-0.1, -0.05) is 12.1 Å². The Morgan fingerprint density at radius 3 is 2.67 bits per heavy atom. The van der Waals surface area contributed by atoms with E-state index in [9.17, 15) is 0 Å². The Labute approximate surface area is 156 Å². The minimum Gasteiger partial charge on any atom is -0.399 e. The average molecular weight is 357 g/mol. The highest BCUT2D eigenvalue weighted by Crippen LogP contribution is 2.22. The highest BCUT2D eigenvalue weighted by atomic mass is 15.1. The molecule has 1 aromatic carbocycles. The third kappa shape index (κ3) is 3.87. The summed E-state index contributed by atoms with van der Waals surface area (Å²) >= 11 is 0. The maximum absolute atomic E-state index is 6.06. The van der Waals surface area contributed by atoms with Crippen molar-refractivity contribution < 1.29 is 0 Å². The SMILES string of the molecule is Nc1ccnc(Nc2ccc(N)c(NCc3ccc4ncccc4c3)n2)c1. The quantitative estimate of drug-likeness (QED) is 0.432. The van der Waals surface area contributed by atoms with Gasteiger partial charge < -0.3 is 22.1 Å². The number of rotatable bonds is 5. The molecule has 0 amide bonds. The molecule has 134 valence electrons. The standard InChI is InChI=1S/C20H19N7/c21-15-7-9-24-19(11-15)26-18-6-4-16(22)20(27-18)25-12-13-3-5-17-14(10-13)2-1-8-23-17/h1-11H,12,22H2,(H4,21,24,25,26,27). The Morgan fingerprint density at radius 2 is 1.78 bits per heavy atom. The second kappa shape index (κ2) is 7.17. The van der Waals surface area contributed by atoms with Crippen molar-refractivity contribution in [3.63, 3.8) is 0 Å². The van der Waals surface area contributed by atoms with Gasteiger partial charge in [-0.15, -0.1) is 0 Å². The molecule has 0 fully saturated rings. The summed E-state index contributed by atoms with van der Waals surface area (Å²) in [5.74, 6) is 1.86. The van der Waals surface area contributed by atoms with E-state index in [0.29, 0.717) is 35.4 Å². The number of pyridine rings is 3. The van der Waals surface area contributed by atoms with Crippen molar-refractivity contribution in [2.24, 2.45) is 0 Å². The molecule has 6 N–H and O–H groups in total. The summed E-state index contributed by atoms with van der Waals surface area (Å²) in [7, 11) is 0. The molecule has 7 heteroatoms. The van der Waals surface area contributed by atoms with E-state index >= 15 is 0 Å². The van der Waals surface area contributed by atoms with Crippen molar-refractivity contribution >= 4 is 39.7 Å². The van der Waals surface area contributed by atoms with Gasteiger partial charge in [-0.05, 0) is 42.0 Å². The summed E-state index contributed by atoms with van der Waals surface area (Å²) in [5, 5.41) is 7.52. The summed E-state index contributed by atoms with van der Waals surface area (Å²) in [4.78, 5) is 13.1. The van der Waals surface area contributed by atoms with Crippen molar-refractivity contribution in [2.75, 3.05) is 22.1 Å². The third-order valence-corrected chi connectivity index (χ3v) is 4.09. The van der Waals surface area contributed by atoms with Gasteiger partial charge in [0.2, 0.25) is 0 Å². The lowest BCUT2D eigenvalue weighted by Gasteiger charge is -2.12. The lowest BCUT2D eigenvalue weighted by atomic mass is 10.1. The van der Waals surface area contributed by atoms with Gasteiger partial charge in [0.15, 0.2) is 5.82 Å². The highest BCUT2D eigenvalue weighted by Gasteiger charge is 2.05. The van der Waals surface area contributed by atoms with E-state index in [1.165, 1.54) is 0 Å². The molecule has 0 atom stereocenters. The van der Waals surface area contributed by atoms with Crippen LogP contribution in [0.2, 0.25) is 0 Å². The van der Waals surface area contributed by atoms with E-state index in [4.69, 9.17) is 11.5 Å². The van der Waals surface area contributed by atoms with Crippen molar-refractivity contribution in [1.82, 2.24) is 15.0 Å². The number of benzene rings is 1. The Kier molecular flexibility index (Phi) is 4.40. The van der Waals surface area contributed by atoms with Crippen LogP contribution in [0.4, 0.5) is 28.8 Å². The predicted octanol–water partition coefficient (Wildman–Crippen LogP) is 3.54. The fraction of sp³-hybridized carbons (Fsp3) is 0.0500. The predicted molar refractivity (Wildman–Crippen MR) is 110 cm³/mol. The van der Waals surface area contributed by atoms with Crippen LogP contribution in [0.15, 0.2) is 67.0 Å². The fourth-order valence-corrected chi connectivity index (χ4v) is 2.75. The van der Waals surface area contributed by atoms with Crippen molar-refractivity contribution in [3.05, 3.63) is 72.6 Å². The lowest BCUT2D eigenvalue weighted by Crippen LogP contribution is -2.06. The van der Waals surface area contributed by atoms with Crippen LogP contribution in [0.1, 0.15) is 5.56 Å². The van der Waals surface area contributed by atoms with E-state index in [-0.39, 0.29) is 0 Å². The van der Waals surface area contributed by atoms with Crippen LogP contribution >= 0.6 is 0 Å². The number of nitrogens with zero attached hydrogens (tertiary/aromatic N) is 3. The van der Waals surface area contributed by atoms with E-state index in [2.05, 4.69) is 31.7 Å². The molecule has 0 radical (unpaired) electrons. The first-order chi connectivity index (χ1) is 13.2. The zero-order valence-electron chi connectivity index (χ0n) is 14.6. The van der Waals surface area contributed by atoms with Gasteiger partial charge in [0, 0.05) is 36.1 Å². The van der Waals surface area contributed by atoms with Crippen LogP contribution in [0.5, 0.6) is 0 Å². The van der Waals surface area contributed by atoms with Gasteiger partial charge in [0.1, 0.15) is 11.6 Å². The van der Waals surface area contributed by atoms with E-state index in [1.54, 1.807) is 36.7 Å². The Balaban J connectivity index is 1.50. The fourth-order valence-electron chi connectivity index (χ4n) is 2.75. The molecule has 4 aromatic rings. The van der Waals surface area contributed by atoms with E-state index in [1.807, 2.05) is 24.3 Å². The summed E-state index contributed by atoms with van der Waals surface area (Å²) in [6.07, 6.45) is 3.43. The number of nitrogens with one attached hydrogen (secondary N) is 2. The zero-order chi connectivity index (χ0) is 18.6. The first kappa shape index (κ1) is 16.6. The first-order valence-electron chi connectivity index (χ1n) is 8.50. The molecule has 27 heavy (non-hydrogen) atoms. The summed E-state index contributed by atoms with van der Waals surface area (Å²) < 4.78 is 0. The maximum atomic E-state index is 6.06. The molecular formula is C20H19N7. The molecule has 0 bridgehead atoms. The van der Waals surface area contributed by atoms with Crippen molar-refractivity contribution in [3.8, 4) is 0 Å². The number of aromatic nitrogens is 3. The summed E-state index contributed by atoms with van der Waals surface area (Å²) in [6, 6.07) is 17.2. The van der Waals surface area contributed by atoms with Gasteiger partial charge in [0.25, 0.3) is 0 Å². The first-order valence-corrected chi connectivity index (χ1v) is 8.50. The lowest BCUT2D eigenvalue weighted by molar-refractivity contribution is 1.11. The van der Waals surface area contributed by atoms with Crippen LogP contribution in [0.3, 0.4) is 0 Å². The van der Waals surface area contributed by atoms with Crippen LogP contribution in [0, 0.1) is 0 Å². The molecular weight excluding hydrogens is 338 g/mol. The van der Waals surface area contributed by atoms with Gasteiger partial charge >= 0.3 is 0 Å². The molecule has 0 aliphatic rings.